The molecule has 0 aliphatic rings. The second-order valence-corrected chi connectivity index (χ2v) is 0. The summed E-state index contributed by atoms with van der Waals surface area (Å²) in [4.78, 5) is 0. The molecule has 0 heterocycles. The molecule has 0 aromatic carbocycles. The summed E-state index contributed by atoms with van der Waals surface area (Å²) in [7, 11) is 0. The summed E-state index contributed by atoms with van der Waals surface area (Å²) in [5.41, 5.74) is 0. The quantitative estimate of drug-likeness (QED) is 0.406. The Balaban J connectivity index is 0. The van der Waals surface area contributed by atoms with Gasteiger partial charge in [0.2, 0.25) is 0 Å². The largest absolute Gasteiger partial charge is 3.00 e. The van der Waals surface area contributed by atoms with Gasteiger partial charge in [0.15, 0.2) is 0 Å². The zero-order valence-electron chi connectivity index (χ0n) is 3.08. The van der Waals surface area contributed by atoms with E-state index in [0.29, 0.717) is 0 Å². The monoisotopic (exact) mass is 241 g/mol. The first-order valence-electron chi connectivity index (χ1n) is 0. The van der Waals surface area contributed by atoms with Crippen molar-refractivity contribution in [2.45, 2.75) is 0 Å². The minimum atomic E-state index is 0. The minimum absolute atomic E-state index is 0. The summed E-state index contributed by atoms with van der Waals surface area (Å²) < 4.78 is 0. The van der Waals surface area contributed by atoms with Crippen LogP contribution in [-0.4, -0.2) is 21.9 Å². The van der Waals surface area contributed by atoms with Crippen LogP contribution < -0.4 is 18.9 Å². The number of rotatable bonds is 0. The van der Waals surface area contributed by atoms with E-state index in [1.165, 1.54) is 0 Å². The van der Waals surface area contributed by atoms with Gasteiger partial charge in [-0.05, 0) is 0 Å². The van der Waals surface area contributed by atoms with Gasteiger partial charge in [0, 0.05) is 0 Å². The molecule has 41 valence electrons. The van der Waals surface area contributed by atoms with E-state index in [1.54, 1.807) is 0 Å². The van der Waals surface area contributed by atoms with Gasteiger partial charge in [-0.1, -0.05) is 0 Å². The Bertz CT molecular complexity index is 7.51. The van der Waals surface area contributed by atoms with Crippen LogP contribution in [0.3, 0.4) is 0 Å². The second-order valence-electron chi connectivity index (χ2n) is 0. The Morgan fingerprint density at radius 2 is 0.500 bits per heavy atom. The maximum absolute atomic E-state index is 0. The molecule has 0 aliphatic heterocycles. The average Bonchev–Trinajstić information content (AvgIpc) is 0. The number of hydrogen-bond acceptors (Lipinski definition) is 4. The van der Waals surface area contributed by atoms with Crippen molar-refractivity contribution in [2.24, 2.45) is 0 Å². The molecule has 4 nitrogen and oxygen atoms in total. The number of hydrogen-bond donors (Lipinski definition) is 0. The SMILES string of the molecule is [Er+3].[Li+].[OH-].[OH-].[OH-].[OH-]. The molecule has 0 saturated heterocycles. The summed E-state index contributed by atoms with van der Waals surface area (Å²) in [5, 5.41) is 0. The van der Waals surface area contributed by atoms with E-state index < -0.39 is 0 Å². The third-order valence-corrected chi connectivity index (χ3v) is 0. The van der Waals surface area contributed by atoms with Crippen molar-refractivity contribution in [3.05, 3.63) is 0 Å². The molecule has 0 aliphatic carbocycles. The Morgan fingerprint density at radius 1 is 0.500 bits per heavy atom. The molecule has 0 spiro atoms. The van der Waals surface area contributed by atoms with Gasteiger partial charge < -0.3 is 21.9 Å². The summed E-state index contributed by atoms with van der Waals surface area (Å²) in [6.07, 6.45) is 0. The topological polar surface area (TPSA) is 120 Å². The summed E-state index contributed by atoms with van der Waals surface area (Å²) in [6, 6.07) is 0. The van der Waals surface area contributed by atoms with E-state index in [2.05, 4.69) is 0 Å². The molecular formula is H4ErLiO4. The zero-order valence-corrected chi connectivity index (χ0v) is 4.93. The Morgan fingerprint density at radius 3 is 0.500 bits per heavy atom. The molecule has 0 aromatic heterocycles. The van der Waals surface area contributed by atoms with Crippen LogP contribution >= 0.6 is 0 Å². The summed E-state index contributed by atoms with van der Waals surface area (Å²) in [5.74, 6) is 0. The van der Waals surface area contributed by atoms with Gasteiger partial charge in [-0.2, -0.15) is 0 Å². The van der Waals surface area contributed by atoms with Crippen LogP contribution in [0.1, 0.15) is 0 Å². The molecule has 1 radical (unpaired) electrons. The second kappa shape index (κ2) is 76.1. The summed E-state index contributed by atoms with van der Waals surface area (Å²) >= 11 is 0. The molecule has 4 N–H and O–H groups in total. The summed E-state index contributed by atoms with van der Waals surface area (Å²) in [6.45, 7) is 0. The molecule has 0 rings (SSSR count). The average molecular weight is 242 g/mol. The molecular weight excluding hydrogens is 238 g/mol. The van der Waals surface area contributed by atoms with E-state index in [-0.39, 0.29) is 78.1 Å². The van der Waals surface area contributed by atoms with Crippen LogP contribution in [-0.2, 0) is 0 Å². The first kappa shape index (κ1) is 121. The van der Waals surface area contributed by atoms with Crippen molar-refractivity contribution >= 4 is 0 Å². The van der Waals surface area contributed by atoms with E-state index in [9.17, 15) is 0 Å². The van der Waals surface area contributed by atoms with Crippen LogP contribution in [0.25, 0.3) is 0 Å². The van der Waals surface area contributed by atoms with Gasteiger partial charge >= 0.3 is 56.2 Å². The Hall–Kier alpha value is 1.68. The Labute approximate surface area is 77.3 Å². The minimum Gasteiger partial charge on any atom is -0.870 e. The van der Waals surface area contributed by atoms with Crippen molar-refractivity contribution in [1.82, 2.24) is 0 Å². The molecule has 6 heavy (non-hydrogen) atoms. The molecule has 0 unspecified atom stereocenters. The third kappa shape index (κ3) is 44.0. The normalized spacial score (nSPS) is 0. The van der Waals surface area contributed by atoms with Crippen molar-refractivity contribution in [3.63, 3.8) is 0 Å². The molecule has 0 aromatic rings. The predicted molar refractivity (Wildman–Crippen MR) is 7.74 cm³/mol. The smallest absolute Gasteiger partial charge is 0.870 e. The zero-order chi connectivity index (χ0) is 0. The first-order chi connectivity index (χ1) is 0. The van der Waals surface area contributed by atoms with Crippen molar-refractivity contribution in [1.29, 1.82) is 0 Å². The fourth-order valence-corrected chi connectivity index (χ4v) is 0. The van der Waals surface area contributed by atoms with Crippen LogP contribution in [0.5, 0.6) is 0 Å². The van der Waals surface area contributed by atoms with E-state index in [0.717, 1.165) is 0 Å². The molecule has 0 saturated carbocycles. The van der Waals surface area contributed by atoms with E-state index >= 15 is 0 Å². The standard InChI is InChI=1S/Er.Li.4H2O/h;;4*1H2/q+3;+1;;;;/p-4. The fraction of sp³-hybridized carbons (Fsp3) is 0. The molecule has 0 amide bonds. The Kier molecular flexibility index (Phi) is 1540. The molecule has 0 fully saturated rings. The maximum Gasteiger partial charge on any atom is 3.00 e. The molecule has 6 heteroatoms. The van der Waals surface area contributed by atoms with Gasteiger partial charge in [0.25, 0.3) is 0 Å². The molecule has 0 atom stereocenters. The van der Waals surface area contributed by atoms with E-state index in [4.69, 9.17) is 0 Å². The third-order valence-electron chi connectivity index (χ3n) is 0. The van der Waals surface area contributed by atoms with Crippen molar-refractivity contribution in [2.75, 3.05) is 0 Å². The van der Waals surface area contributed by atoms with Crippen molar-refractivity contribution < 1.29 is 78.1 Å². The molecule has 0 bridgehead atoms. The van der Waals surface area contributed by atoms with Gasteiger partial charge in [0.1, 0.15) is 0 Å². The van der Waals surface area contributed by atoms with Gasteiger partial charge in [-0.25, -0.2) is 0 Å². The van der Waals surface area contributed by atoms with Crippen LogP contribution in [0.4, 0.5) is 0 Å². The van der Waals surface area contributed by atoms with Crippen LogP contribution in [0, 0.1) is 37.3 Å². The van der Waals surface area contributed by atoms with Gasteiger partial charge in [-0.3, -0.25) is 0 Å². The van der Waals surface area contributed by atoms with Gasteiger partial charge in [0.05, 0.1) is 0 Å². The fourth-order valence-electron chi connectivity index (χ4n) is 0. The van der Waals surface area contributed by atoms with E-state index in [1.807, 2.05) is 0 Å². The maximum atomic E-state index is 0. The van der Waals surface area contributed by atoms with Crippen LogP contribution in [0.15, 0.2) is 0 Å². The van der Waals surface area contributed by atoms with Gasteiger partial charge in [-0.15, -0.1) is 0 Å². The predicted octanol–water partition coefficient (Wildman–Crippen LogP) is -3.70. The van der Waals surface area contributed by atoms with Crippen molar-refractivity contribution in [3.8, 4) is 0 Å². The first-order valence-corrected chi connectivity index (χ1v) is 0. The van der Waals surface area contributed by atoms with Crippen LogP contribution in [0.2, 0.25) is 0 Å².